The van der Waals surface area contributed by atoms with E-state index in [2.05, 4.69) is 17.2 Å². The van der Waals surface area contributed by atoms with Gasteiger partial charge in [-0.3, -0.25) is 0 Å². The largest absolute Gasteiger partial charge is 0.345 e. The summed E-state index contributed by atoms with van der Waals surface area (Å²) in [5.74, 6) is 1.98. The van der Waals surface area contributed by atoms with Crippen molar-refractivity contribution in [2.24, 2.45) is 0 Å². The van der Waals surface area contributed by atoms with E-state index in [1.165, 1.54) is 62.2 Å². The highest BCUT2D eigenvalue weighted by Gasteiger charge is 2.41. The Balaban J connectivity index is 1.86. The first-order chi connectivity index (χ1) is 8.75. The Morgan fingerprint density at radius 3 is 2.56 bits per heavy atom. The topological polar surface area (TPSA) is 40.7 Å². The zero-order chi connectivity index (χ0) is 12.6. The molecule has 1 aromatic heterocycles. The molecule has 3 nitrogen and oxygen atoms in total. The van der Waals surface area contributed by atoms with E-state index in [1.54, 1.807) is 0 Å². The van der Waals surface area contributed by atoms with Crippen LogP contribution in [0.5, 0.6) is 0 Å². The van der Waals surface area contributed by atoms with Gasteiger partial charge in [-0.15, -0.1) is 0 Å². The van der Waals surface area contributed by atoms with E-state index in [0.29, 0.717) is 5.41 Å². The molecule has 0 bridgehead atoms. The standard InChI is InChI=1S/C15H25N3/c1-11-13(12-6-3-4-7-12)18-14(17-11)15(10-16-2)8-5-9-15/h12,16H,3-10H2,1-2H3,(H,17,18). The number of imidazole rings is 1. The molecule has 0 aromatic carbocycles. The molecular formula is C15H25N3. The molecule has 2 aliphatic carbocycles. The number of hydrogen-bond acceptors (Lipinski definition) is 2. The third-order valence-corrected chi connectivity index (χ3v) is 4.99. The average Bonchev–Trinajstić information content (AvgIpc) is 2.92. The molecule has 0 atom stereocenters. The van der Waals surface area contributed by atoms with Gasteiger partial charge in [0.1, 0.15) is 5.82 Å². The van der Waals surface area contributed by atoms with Crippen LogP contribution in [0, 0.1) is 6.92 Å². The van der Waals surface area contributed by atoms with Crippen LogP contribution >= 0.6 is 0 Å². The number of likely N-dealkylation sites (N-methyl/N-ethyl adjacent to an activating group) is 1. The van der Waals surface area contributed by atoms with Gasteiger partial charge < -0.3 is 10.3 Å². The summed E-state index contributed by atoms with van der Waals surface area (Å²) < 4.78 is 0. The van der Waals surface area contributed by atoms with Crippen LogP contribution in [0.2, 0.25) is 0 Å². The predicted molar refractivity (Wildman–Crippen MR) is 74.0 cm³/mol. The molecule has 2 fully saturated rings. The molecule has 100 valence electrons. The van der Waals surface area contributed by atoms with Crippen LogP contribution in [0.25, 0.3) is 0 Å². The minimum Gasteiger partial charge on any atom is -0.345 e. The Hall–Kier alpha value is -0.830. The van der Waals surface area contributed by atoms with Crippen molar-refractivity contribution in [3.8, 4) is 0 Å². The zero-order valence-electron chi connectivity index (χ0n) is 11.7. The molecule has 0 aliphatic heterocycles. The number of hydrogen-bond donors (Lipinski definition) is 2. The fraction of sp³-hybridized carbons (Fsp3) is 0.800. The second kappa shape index (κ2) is 4.69. The first-order valence-electron chi connectivity index (χ1n) is 7.47. The van der Waals surface area contributed by atoms with E-state index >= 15 is 0 Å². The molecule has 0 radical (unpaired) electrons. The number of nitrogens with zero attached hydrogens (tertiary/aromatic N) is 1. The Labute approximate surface area is 110 Å². The van der Waals surface area contributed by atoms with Crippen LogP contribution < -0.4 is 5.32 Å². The Morgan fingerprint density at radius 1 is 1.28 bits per heavy atom. The average molecular weight is 247 g/mol. The molecule has 1 heterocycles. The molecule has 3 rings (SSSR count). The van der Waals surface area contributed by atoms with Gasteiger partial charge in [0.15, 0.2) is 0 Å². The lowest BCUT2D eigenvalue weighted by atomic mass is 9.68. The van der Waals surface area contributed by atoms with Crippen LogP contribution in [0.15, 0.2) is 0 Å². The molecular weight excluding hydrogens is 222 g/mol. The number of aryl methyl sites for hydroxylation is 1. The summed E-state index contributed by atoms with van der Waals surface area (Å²) in [6.45, 7) is 3.26. The van der Waals surface area contributed by atoms with Crippen molar-refractivity contribution in [1.82, 2.24) is 15.3 Å². The van der Waals surface area contributed by atoms with Gasteiger partial charge in [0.25, 0.3) is 0 Å². The summed E-state index contributed by atoms with van der Waals surface area (Å²) in [4.78, 5) is 8.61. The van der Waals surface area contributed by atoms with Gasteiger partial charge in [0, 0.05) is 23.6 Å². The third-order valence-electron chi connectivity index (χ3n) is 4.99. The molecule has 2 N–H and O–H groups in total. The molecule has 18 heavy (non-hydrogen) atoms. The van der Waals surface area contributed by atoms with Gasteiger partial charge in [0.2, 0.25) is 0 Å². The van der Waals surface area contributed by atoms with Crippen LogP contribution in [-0.2, 0) is 5.41 Å². The van der Waals surface area contributed by atoms with E-state index in [4.69, 9.17) is 4.98 Å². The van der Waals surface area contributed by atoms with Crippen LogP contribution in [0.1, 0.15) is 68.1 Å². The van der Waals surface area contributed by atoms with Gasteiger partial charge in [0.05, 0.1) is 5.69 Å². The maximum atomic E-state index is 5.01. The molecule has 0 amide bonds. The number of nitrogens with one attached hydrogen (secondary N) is 2. The Kier molecular flexibility index (Phi) is 3.18. The third kappa shape index (κ3) is 1.89. The molecule has 0 spiro atoms. The summed E-state index contributed by atoms with van der Waals surface area (Å²) in [7, 11) is 2.05. The molecule has 2 saturated carbocycles. The molecule has 3 heteroatoms. The van der Waals surface area contributed by atoms with Gasteiger partial charge in [-0.05, 0) is 39.7 Å². The van der Waals surface area contributed by atoms with Crippen LogP contribution in [0.4, 0.5) is 0 Å². The first-order valence-corrected chi connectivity index (χ1v) is 7.47. The highest BCUT2D eigenvalue weighted by Crippen LogP contribution is 2.43. The number of aromatic nitrogens is 2. The summed E-state index contributed by atoms with van der Waals surface area (Å²) >= 11 is 0. The Bertz CT molecular complexity index is 411. The highest BCUT2D eigenvalue weighted by molar-refractivity contribution is 5.25. The second-order valence-corrected chi connectivity index (χ2v) is 6.24. The van der Waals surface area contributed by atoms with E-state index in [0.717, 1.165) is 12.5 Å². The number of H-pyrrole nitrogens is 1. The van der Waals surface area contributed by atoms with E-state index < -0.39 is 0 Å². The quantitative estimate of drug-likeness (QED) is 0.858. The van der Waals surface area contributed by atoms with Crippen molar-refractivity contribution in [2.45, 2.75) is 63.2 Å². The van der Waals surface area contributed by atoms with E-state index in [1.807, 2.05) is 7.05 Å². The monoisotopic (exact) mass is 247 g/mol. The fourth-order valence-corrected chi connectivity index (χ4v) is 3.76. The van der Waals surface area contributed by atoms with Crippen LogP contribution in [0.3, 0.4) is 0 Å². The lowest BCUT2D eigenvalue weighted by Gasteiger charge is -2.40. The van der Waals surface area contributed by atoms with Gasteiger partial charge in [-0.1, -0.05) is 19.3 Å². The van der Waals surface area contributed by atoms with Crippen LogP contribution in [-0.4, -0.2) is 23.6 Å². The summed E-state index contributed by atoms with van der Waals surface area (Å²) in [5.41, 5.74) is 2.99. The summed E-state index contributed by atoms with van der Waals surface area (Å²) in [6.07, 6.45) is 9.35. The van der Waals surface area contributed by atoms with Gasteiger partial charge in [-0.2, -0.15) is 0 Å². The normalized spacial score (nSPS) is 23.2. The summed E-state index contributed by atoms with van der Waals surface area (Å²) in [6, 6.07) is 0. The van der Waals surface area contributed by atoms with Crippen molar-refractivity contribution in [2.75, 3.05) is 13.6 Å². The van der Waals surface area contributed by atoms with Gasteiger partial charge >= 0.3 is 0 Å². The minimum absolute atomic E-state index is 0.302. The SMILES string of the molecule is CNCC1(c2nc(C3CCCC3)c(C)[nH]2)CCC1. The summed E-state index contributed by atoms with van der Waals surface area (Å²) in [5, 5.41) is 3.35. The number of rotatable bonds is 4. The predicted octanol–water partition coefficient (Wildman–Crippen LogP) is 3.02. The zero-order valence-corrected chi connectivity index (χ0v) is 11.7. The fourth-order valence-electron chi connectivity index (χ4n) is 3.76. The van der Waals surface area contributed by atoms with Gasteiger partial charge in [-0.25, -0.2) is 4.98 Å². The number of aromatic amines is 1. The first kappa shape index (κ1) is 12.2. The lowest BCUT2D eigenvalue weighted by molar-refractivity contribution is 0.226. The van der Waals surface area contributed by atoms with Crippen molar-refractivity contribution < 1.29 is 0 Å². The minimum atomic E-state index is 0.302. The molecule has 2 aliphatic rings. The Morgan fingerprint density at radius 2 is 2.00 bits per heavy atom. The maximum absolute atomic E-state index is 5.01. The van der Waals surface area contributed by atoms with Crippen molar-refractivity contribution in [3.05, 3.63) is 17.2 Å². The van der Waals surface area contributed by atoms with Crippen molar-refractivity contribution in [1.29, 1.82) is 0 Å². The highest BCUT2D eigenvalue weighted by atomic mass is 15.0. The lowest BCUT2D eigenvalue weighted by Crippen LogP contribution is -2.43. The van der Waals surface area contributed by atoms with Crippen molar-refractivity contribution >= 4 is 0 Å². The molecule has 0 saturated heterocycles. The van der Waals surface area contributed by atoms with E-state index in [9.17, 15) is 0 Å². The molecule has 1 aromatic rings. The molecule has 0 unspecified atom stereocenters. The maximum Gasteiger partial charge on any atom is 0.114 e. The smallest absolute Gasteiger partial charge is 0.114 e. The van der Waals surface area contributed by atoms with Crippen molar-refractivity contribution in [3.63, 3.8) is 0 Å². The second-order valence-electron chi connectivity index (χ2n) is 6.24. The van der Waals surface area contributed by atoms with E-state index in [-0.39, 0.29) is 0 Å².